The van der Waals surface area contributed by atoms with Crippen molar-refractivity contribution in [2.45, 2.75) is 11.8 Å². The fourth-order valence-electron chi connectivity index (χ4n) is 2.10. The van der Waals surface area contributed by atoms with E-state index in [4.69, 9.17) is 17.4 Å². The molecule has 0 bridgehead atoms. The van der Waals surface area contributed by atoms with Gasteiger partial charge in [-0.25, -0.2) is 19.2 Å². The van der Waals surface area contributed by atoms with Crippen LogP contribution >= 0.6 is 11.6 Å². The summed E-state index contributed by atoms with van der Waals surface area (Å²) in [6.45, 7) is 5.42. The molecule has 0 unspecified atom stereocenters. The average molecular weight is 320 g/mol. The van der Waals surface area contributed by atoms with Gasteiger partial charge in [-0.15, -0.1) is 0 Å². The van der Waals surface area contributed by atoms with Crippen LogP contribution < -0.4 is 11.3 Å². The summed E-state index contributed by atoms with van der Waals surface area (Å²) >= 11 is 5.92. The van der Waals surface area contributed by atoms with Crippen LogP contribution in [0.15, 0.2) is 17.2 Å². The first kappa shape index (κ1) is 15.5. The molecule has 9 heteroatoms. The highest BCUT2D eigenvalue weighted by Gasteiger charge is 2.28. The predicted octanol–water partition coefficient (Wildman–Crippen LogP) is 0.347. The number of likely N-dealkylation sites (N-methyl/N-ethyl adjacent to an activating group) is 1. The van der Waals surface area contributed by atoms with Gasteiger partial charge in [0.25, 0.3) is 0 Å². The van der Waals surface area contributed by atoms with Gasteiger partial charge in [-0.2, -0.15) is 4.31 Å². The highest BCUT2D eigenvalue weighted by atomic mass is 35.5. The quantitative estimate of drug-likeness (QED) is 0.614. The summed E-state index contributed by atoms with van der Waals surface area (Å²) in [6.07, 6.45) is 1.27. The van der Waals surface area contributed by atoms with E-state index in [1.165, 1.54) is 16.6 Å². The summed E-state index contributed by atoms with van der Waals surface area (Å²) in [7, 11) is -3.55. The average Bonchev–Trinajstić information content (AvgIpc) is 2.47. The maximum Gasteiger partial charge on any atom is 0.244 e. The molecule has 7 nitrogen and oxygen atoms in total. The molecule has 1 aromatic heterocycles. The van der Waals surface area contributed by atoms with Gasteiger partial charge in [0.15, 0.2) is 5.82 Å². The van der Waals surface area contributed by atoms with E-state index >= 15 is 0 Å². The SMILES string of the molecule is CCN1CCN(S(=O)(=O)c2cnc(NN)c(Cl)c2)CC1. The van der Waals surface area contributed by atoms with Crippen molar-refractivity contribution in [3.63, 3.8) is 0 Å². The second kappa shape index (κ2) is 6.23. The molecule has 2 rings (SSSR count). The molecule has 112 valence electrons. The van der Waals surface area contributed by atoms with Crippen molar-refractivity contribution < 1.29 is 8.42 Å². The van der Waals surface area contributed by atoms with Gasteiger partial charge in [-0.05, 0) is 12.6 Å². The number of hydrogen-bond donors (Lipinski definition) is 2. The van der Waals surface area contributed by atoms with Crippen LogP contribution in [0.3, 0.4) is 0 Å². The Balaban J connectivity index is 2.20. The summed E-state index contributed by atoms with van der Waals surface area (Å²) < 4.78 is 26.4. The predicted molar refractivity (Wildman–Crippen MR) is 77.9 cm³/mol. The number of rotatable bonds is 4. The molecule has 2 heterocycles. The number of nitrogen functional groups attached to an aromatic ring is 1. The number of halogens is 1. The Morgan fingerprint density at radius 2 is 2.05 bits per heavy atom. The zero-order valence-corrected chi connectivity index (χ0v) is 12.8. The van der Waals surface area contributed by atoms with Crippen LogP contribution in [-0.2, 0) is 10.0 Å². The van der Waals surface area contributed by atoms with Gasteiger partial charge in [-0.3, -0.25) is 0 Å². The van der Waals surface area contributed by atoms with Crippen LogP contribution in [0.4, 0.5) is 5.82 Å². The van der Waals surface area contributed by atoms with Gasteiger partial charge in [-0.1, -0.05) is 18.5 Å². The lowest BCUT2D eigenvalue weighted by molar-refractivity contribution is 0.196. The first-order valence-corrected chi connectivity index (χ1v) is 8.15. The van der Waals surface area contributed by atoms with Crippen molar-refractivity contribution in [2.24, 2.45) is 5.84 Å². The number of nitrogens with zero attached hydrogens (tertiary/aromatic N) is 3. The Morgan fingerprint density at radius 3 is 2.55 bits per heavy atom. The number of piperazine rings is 1. The molecule has 1 fully saturated rings. The van der Waals surface area contributed by atoms with Crippen LogP contribution in [0.1, 0.15) is 6.92 Å². The van der Waals surface area contributed by atoms with Crippen molar-refractivity contribution in [2.75, 3.05) is 38.1 Å². The standard InChI is InChI=1S/C11H18ClN5O2S/c1-2-16-3-5-17(6-4-16)20(18,19)9-7-10(12)11(15-13)14-8-9/h7-8H,2-6,13H2,1H3,(H,14,15). The molecular formula is C11H18ClN5O2S. The van der Waals surface area contributed by atoms with E-state index in [1.807, 2.05) is 0 Å². The first-order valence-electron chi connectivity index (χ1n) is 6.33. The molecule has 1 aliphatic rings. The summed E-state index contributed by atoms with van der Waals surface area (Å²) in [5, 5.41) is 0.181. The first-order chi connectivity index (χ1) is 9.48. The Morgan fingerprint density at radius 1 is 1.40 bits per heavy atom. The van der Waals surface area contributed by atoms with Crippen molar-refractivity contribution in [1.82, 2.24) is 14.2 Å². The van der Waals surface area contributed by atoms with E-state index in [0.29, 0.717) is 13.1 Å². The number of nitrogens with two attached hydrogens (primary N) is 1. The van der Waals surface area contributed by atoms with E-state index < -0.39 is 10.0 Å². The minimum atomic E-state index is -3.55. The molecule has 1 aliphatic heterocycles. The molecule has 0 aromatic carbocycles. The third kappa shape index (κ3) is 3.04. The van der Waals surface area contributed by atoms with Crippen molar-refractivity contribution in [3.05, 3.63) is 17.3 Å². The smallest absolute Gasteiger partial charge is 0.244 e. The Labute approximate surface area is 123 Å². The maximum atomic E-state index is 12.5. The van der Waals surface area contributed by atoms with Gasteiger partial charge in [0, 0.05) is 32.4 Å². The highest BCUT2D eigenvalue weighted by Crippen LogP contribution is 2.24. The summed E-state index contributed by atoms with van der Waals surface area (Å²) in [6, 6.07) is 1.37. The van der Waals surface area contributed by atoms with Gasteiger partial charge >= 0.3 is 0 Å². The molecule has 0 amide bonds. The molecule has 0 spiro atoms. The molecule has 0 atom stereocenters. The van der Waals surface area contributed by atoms with Crippen LogP contribution in [0.25, 0.3) is 0 Å². The molecule has 1 aromatic rings. The zero-order valence-electron chi connectivity index (χ0n) is 11.2. The van der Waals surface area contributed by atoms with Gasteiger partial charge in [0.1, 0.15) is 4.90 Å². The largest absolute Gasteiger partial charge is 0.307 e. The number of anilines is 1. The van der Waals surface area contributed by atoms with E-state index in [2.05, 4.69) is 22.2 Å². The molecule has 20 heavy (non-hydrogen) atoms. The van der Waals surface area contributed by atoms with Crippen molar-refractivity contribution >= 4 is 27.4 Å². The summed E-state index contributed by atoms with van der Waals surface area (Å²) in [5.74, 6) is 5.47. The van der Waals surface area contributed by atoms with E-state index in [0.717, 1.165) is 19.6 Å². The fourth-order valence-corrected chi connectivity index (χ4v) is 3.78. The number of hydrogen-bond acceptors (Lipinski definition) is 6. The van der Waals surface area contributed by atoms with Crippen molar-refractivity contribution in [3.8, 4) is 0 Å². The van der Waals surface area contributed by atoms with Gasteiger partial charge in [0.2, 0.25) is 10.0 Å². The van der Waals surface area contributed by atoms with Gasteiger partial charge < -0.3 is 10.3 Å². The van der Waals surface area contributed by atoms with Crippen LogP contribution in [0.5, 0.6) is 0 Å². The second-order valence-electron chi connectivity index (χ2n) is 4.48. The number of aromatic nitrogens is 1. The number of nitrogens with one attached hydrogen (secondary N) is 1. The Hall–Kier alpha value is -0.930. The topological polar surface area (TPSA) is 91.6 Å². The monoisotopic (exact) mass is 319 g/mol. The van der Waals surface area contributed by atoms with Crippen LogP contribution in [0.2, 0.25) is 5.02 Å². The minimum Gasteiger partial charge on any atom is -0.307 e. The van der Waals surface area contributed by atoms with Crippen LogP contribution in [0, 0.1) is 0 Å². The third-order valence-corrected chi connectivity index (χ3v) is 5.52. The highest BCUT2D eigenvalue weighted by molar-refractivity contribution is 7.89. The van der Waals surface area contributed by atoms with E-state index in [1.54, 1.807) is 0 Å². The molecular weight excluding hydrogens is 302 g/mol. The number of pyridine rings is 1. The molecule has 0 aliphatic carbocycles. The lowest BCUT2D eigenvalue weighted by Gasteiger charge is -2.33. The maximum absolute atomic E-state index is 12.5. The number of hydrazine groups is 1. The zero-order chi connectivity index (χ0) is 14.8. The lowest BCUT2D eigenvalue weighted by atomic mass is 10.4. The van der Waals surface area contributed by atoms with Crippen LogP contribution in [-0.4, -0.2) is 55.3 Å². The van der Waals surface area contributed by atoms with E-state index in [9.17, 15) is 8.42 Å². The van der Waals surface area contributed by atoms with Crippen molar-refractivity contribution in [1.29, 1.82) is 0 Å². The summed E-state index contributed by atoms with van der Waals surface area (Å²) in [5.41, 5.74) is 2.31. The van der Waals surface area contributed by atoms with Gasteiger partial charge in [0.05, 0.1) is 5.02 Å². The normalized spacial score (nSPS) is 18.1. The Kier molecular flexibility index (Phi) is 4.82. The summed E-state index contributed by atoms with van der Waals surface area (Å²) in [4.78, 5) is 6.20. The third-order valence-electron chi connectivity index (χ3n) is 3.37. The molecule has 3 N–H and O–H groups in total. The number of sulfonamides is 1. The fraction of sp³-hybridized carbons (Fsp3) is 0.545. The molecule has 1 saturated heterocycles. The lowest BCUT2D eigenvalue weighted by Crippen LogP contribution is -2.48. The minimum absolute atomic E-state index is 0.0893. The second-order valence-corrected chi connectivity index (χ2v) is 6.83. The van der Waals surface area contributed by atoms with E-state index in [-0.39, 0.29) is 15.7 Å². The Bertz CT molecular complexity index is 572. The molecule has 0 saturated carbocycles. The molecule has 0 radical (unpaired) electrons.